The molecule has 3 heterocycles. The van der Waals surface area contributed by atoms with Crippen molar-refractivity contribution in [3.05, 3.63) is 125 Å². The zero-order valence-corrected chi connectivity index (χ0v) is 26.1. The minimum absolute atomic E-state index is 0.0576. The van der Waals surface area contributed by atoms with Crippen LogP contribution >= 0.6 is 0 Å². The number of anilines is 1. The maximum Gasteiger partial charge on any atom is 0.316 e. The number of benzene rings is 3. The average molecular weight is 618 g/mol. The monoisotopic (exact) mass is 617 g/mol. The van der Waals surface area contributed by atoms with Crippen molar-refractivity contribution >= 4 is 23.6 Å². The lowest BCUT2D eigenvalue weighted by molar-refractivity contribution is -0.144. The number of morpholine rings is 1. The number of amides is 2. The first-order valence-electron chi connectivity index (χ1n) is 15.7. The number of carbonyl (C=O) groups is 2. The number of hydrogen-bond acceptors (Lipinski definition) is 7. The van der Waals surface area contributed by atoms with E-state index in [-0.39, 0.29) is 24.4 Å². The van der Waals surface area contributed by atoms with Gasteiger partial charge in [0, 0.05) is 68.9 Å². The van der Waals surface area contributed by atoms with E-state index >= 15 is 0 Å². The van der Waals surface area contributed by atoms with Crippen molar-refractivity contribution in [2.75, 3.05) is 44.9 Å². The number of rotatable bonds is 10. The van der Waals surface area contributed by atoms with Gasteiger partial charge in [0.1, 0.15) is 6.04 Å². The van der Waals surface area contributed by atoms with E-state index in [1.807, 2.05) is 59.5 Å². The molecule has 0 radical (unpaired) electrons. The molecule has 0 aliphatic carbocycles. The molecule has 3 aromatic carbocycles. The molecule has 0 N–H and O–H groups in total. The van der Waals surface area contributed by atoms with E-state index in [4.69, 9.17) is 9.47 Å². The smallest absolute Gasteiger partial charge is 0.316 e. The van der Waals surface area contributed by atoms with Gasteiger partial charge in [-0.15, -0.1) is 0 Å². The highest BCUT2D eigenvalue weighted by Gasteiger charge is 2.34. The molecule has 2 aliphatic rings. The highest BCUT2D eigenvalue weighted by Crippen LogP contribution is 2.24. The summed E-state index contributed by atoms with van der Waals surface area (Å²) in [6, 6.07) is 26.0. The second-order valence-electron chi connectivity index (χ2n) is 11.6. The molecule has 0 spiro atoms. The first-order chi connectivity index (χ1) is 22.6. The van der Waals surface area contributed by atoms with Crippen molar-refractivity contribution in [3.8, 4) is 6.01 Å². The van der Waals surface area contributed by atoms with E-state index < -0.39 is 6.04 Å². The third-order valence-corrected chi connectivity index (χ3v) is 8.57. The Hall–Kier alpha value is -5.02. The standard InChI is InChI=1S/C37H39N5O4/c1-45-37-38-24-30(25-39-37)13-16-35(43)42(26-29-11-14-33(15-12-29)40-19-21-46-22-20-40)34(23-28-7-3-2-4-8-28)36(44)41-18-17-31-9-5-6-10-32(31)27-41/h2-16,24-25,34H,17-23,26-27H2,1H3/t34-/m0/s1. The number of hydrogen-bond donors (Lipinski definition) is 0. The largest absolute Gasteiger partial charge is 0.467 e. The van der Waals surface area contributed by atoms with Crippen LogP contribution in [0.4, 0.5) is 5.69 Å². The van der Waals surface area contributed by atoms with Gasteiger partial charge in [-0.3, -0.25) is 9.59 Å². The van der Waals surface area contributed by atoms with E-state index in [0.717, 1.165) is 41.9 Å². The maximum atomic E-state index is 14.5. The number of fused-ring (bicyclic) bond motifs is 1. The first kappa shape index (κ1) is 31.0. The van der Waals surface area contributed by atoms with Gasteiger partial charge in [0.15, 0.2) is 0 Å². The van der Waals surface area contributed by atoms with Crippen molar-refractivity contribution in [2.45, 2.75) is 32.0 Å². The van der Waals surface area contributed by atoms with Crippen LogP contribution < -0.4 is 9.64 Å². The van der Waals surface area contributed by atoms with Crippen LogP contribution in [0.1, 0.15) is 27.8 Å². The molecule has 0 unspecified atom stereocenters. The molecule has 4 aromatic rings. The summed E-state index contributed by atoms with van der Waals surface area (Å²) in [6.07, 6.45) is 7.56. The molecule has 0 bridgehead atoms. The minimum atomic E-state index is -0.712. The van der Waals surface area contributed by atoms with E-state index in [2.05, 4.69) is 39.1 Å². The number of aromatic nitrogens is 2. The average Bonchev–Trinajstić information content (AvgIpc) is 3.13. The van der Waals surface area contributed by atoms with Gasteiger partial charge in [0.25, 0.3) is 0 Å². The number of ether oxygens (including phenoxy) is 2. The molecule has 0 saturated carbocycles. The van der Waals surface area contributed by atoms with Crippen LogP contribution in [0.3, 0.4) is 0 Å². The van der Waals surface area contributed by atoms with Gasteiger partial charge in [0.05, 0.1) is 20.3 Å². The molecule has 46 heavy (non-hydrogen) atoms. The van der Waals surface area contributed by atoms with E-state index in [1.54, 1.807) is 23.4 Å². The van der Waals surface area contributed by atoms with E-state index in [0.29, 0.717) is 38.3 Å². The van der Waals surface area contributed by atoms with Gasteiger partial charge < -0.3 is 24.2 Å². The Morgan fingerprint density at radius 2 is 1.59 bits per heavy atom. The molecule has 9 nitrogen and oxygen atoms in total. The molecule has 6 rings (SSSR count). The van der Waals surface area contributed by atoms with Gasteiger partial charge in [-0.25, -0.2) is 9.97 Å². The number of nitrogens with zero attached hydrogens (tertiary/aromatic N) is 5. The van der Waals surface area contributed by atoms with Crippen LogP contribution in [0, 0.1) is 0 Å². The summed E-state index contributed by atoms with van der Waals surface area (Å²) >= 11 is 0. The molecule has 1 atom stereocenters. The summed E-state index contributed by atoms with van der Waals surface area (Å²) in [5.74, 6) is -0.322. The van der Waals surface area contributed by atoms with Gasteiger partial charge >= 0.3 is 6.01 Å². The van der Waals surface area contributed by atoms with Crippen LogP contribution in [0.25, 0.3) is 6.08 Å². The van der Waals surface area contributed by atoms with Crippen LogP contribution in [0.5, 0.6) is 6.01 Å². The summed E-state index contributed by atoms with van der Waals surface area (Å²) in [5, 5.41) is 0. The zero-order chi connectivity index (χ0) is 31.7. The lowest BCUT2D eigenvalue weighted by Gasteiger charge is -2.37. The van der Waals surface area contributed by atoms with Crippen molar-refractivity contribution in [1.29, 1.82) is 0 Å². The minimum Gasteiger partial charge on any atom is -0.467 e. The highest BCUT2D eigenvalue weighted by molar-refractivity contribution is 5.95. The van der Waals surface area contributed by atoms with Crippen molar-refractivity contribution < 1.29 is 19.1 Å². The predicted molar refractivity (Wildman–Crippen MR) is 177 cm³/mol. The number of carbonyl (C=O) groups excluding carboxylic acids is 2. The van der Waals surface area contributed by atoms with Crippen molar-refractivity contribution in [3.63, 3.8) is 0 Å². The second kappa shape index (κ2) is 14.8. The summed E-state index contributed by atoms with van der Waals surface area (Å²) in [4.78, 5) is 42.9. The molecular weight excluding hydrogens is 578 g/mol. The first-order valence-corrected chi connectivity index (χ1v) is 15.7. The normalized spacial score (nSPS) is 15.3. The predicted octanol–water partition coefficient (Wildman–Crippen LogP) is 4.56. The Morgan fingerprint density at radius 3 is 2.30 bits per heavy atom. The molecule has 9 heteroatoms. The summed E-state index contributed by atoms with van der Waals surface area (Å²) in [7, 11) is 1.50. The Kier molecular flexibility index (Phi) is 10.00. The lowest BCUT2D eigenvalue weighted by atomic mass is 9.97. The van der Waals surface area contributed by atoms with Gasteiger partial charge in [0.2, 0.25) is 11.8 Å². The fourth-order valence-electron chi connectivity index (χ4n) is 6.02. The third kappa shape index (κ3) is 7.61. The fourth-order valence-corrected chi connectivity index (χ4v) is 6.02. The SMILES string of the molecule is COc1ncc(C=CC(=O)N(Cc2ccc(N3CCOCC3)cc2)[C@@H](Cc2ccccc2)C(=O)N2CCc3ccccc3C2)cn1. The third-order valence-electron chi connectivity index (χ3n) is 8.57. The molecule has 236 valence electrons. The van der Waals surface area contributed by atoms with Crippen LogP contribution in [0.2, 0.25) is 0 Å². The highest BCUT2D eigenvalue weighted by atomic mass is 16.5. The molecule has 1 fully saturated rings. The van der Waals surface area contributed by atoms with E-state index in [1.165, 1.54) is 18.7 Å². The Labute approximate surface area is 270 Å². The fraction of sp³-hybridized carbons (Fsp3) is 0.297. The summed E-state index contributed by atoms with van der Waals surface area (Å²) in [6.45, 7) is 4.51. The molecular formula is C37H39N5O4. The quantitative estimate of drug-likeness (QED) is 0.241. The molecule has 2 amide bonds. The Morgan fingerprint density at radius 1 is 0.891 bits per heavy atom. The number of methoxy groups -OCH3 is 1. The second-order valence-corrected chi connectivity index (χ2v) is 11.6. The van der Waals surface area contributed by atoms with Gasteiger partial charge in [-0.2, -0.15) is 0 Å². The molecule has 1 aromatic heterocycles. The topological polar surface area (TPSA) is 88.1 Å². The van der Waals surface area contributed by atoms with E-state index in [9.17, 15) is 9.59 Å². The zero-order valence-electron chi connectivity index (χ0n) is 26.1. The van der Waals surface area contributed by atoms with Gasteiger partial charge in [-0.05, 0) is 46.9 Å². The van der Waals surface area contributed by atoms with Crippen LogP contribution in [0.15, 0.2) is 97.3 Å². The molecule has 1 saturated heterocycles. The van der Waals surface area contributed by atoms with Crippen LogP contribution in [-0.4, -0.2) is 77.6 Å². The van der Waals surface area contributed by atoms with Crippen molar-refractivity contribution in [2.24, 2.45) is 0 Å². The van der Waals surface area contributed by atoms with Crippen LogP contribution in [-0.2, 0) is 40.3 Å². The molecule has 2 aliphatic heterocycles. The van der Waals surface area contributed by atoms with Crippen molar-refractivity contribution in [1.82, 2.24) is 19.8 Å². The summed E-state index contributed by atoms with van der Waals surface area (Å²) in [5.41, 5.74) is 6.13. The van der Waals surface area contributed by atoms with Gasteiger partial charge in [-0.1, -0.05) is 66.7 Å². The maximum absolute atomic E-state index is 14.5. The lowest BCUT2D eigenvalue weighted by Crippen LogP contribution is -2.52. The Bertz CT molecular complexity index is 1640. The Balaban J connectivity index is 1.32. The summed E-state index contributed by atoms with van der Waals surface area (Å²) < 4.78 is 10.6.